The molecule has 0 fully saturated rings. The molecule has 2 N–H and O–H groups in total. The smallest absolute Gasteiger partial charge is 1.00 e. The summed E-state index contributed by atoms with van der Waals surface area (Å²) in [7, 11) is 0. The zero-order valence-electron chi connectivity index (χ0n) is 10.5. The first-order chi connectivity index (χ1) is 7.65. The fourth-order valence-corrected chi connectivity index (χ4v) is 1.45. The van der Waals surface area contributed by atoms with Crippen LogP contribution in [0.4, 0.5) is 0 Å². The Labute approximate surface area is 121 Å². The zero-order chi connectivity index (χ0) is 12.1. The fourth-order valence-electron chi connectivity index (χ4n) is 1.45. The normalized spacial score (nSPS) is 9.12. The Morgan fingerprint density at radius 3 is 1.88 bits per heavy atom. The van der Waals surface area contributed by atoms with Crippen LogP contribution < -0.4 is 29.6 Å². The number of hydrogen-bond donors (Lipinski definition) is 2. The van der Waals surface area contributed by atoms with E-state index in [-0.39, 0.29) is 42.1 Å². The van der Waals surface area contributed by atoms with Crippen LogP contribution in [0.5, 0.6) is 0 Å². The standard InChI is InChI=1S/C10H10O6.Na.H/c1-2-6-7(9(11)15-13)4-3-5-8(6)10(12)16-14;;/h3-5,13-14H,2H2,1H3;;/q;+1;-1. The van der Waals surface area contributed by atoms with Gasteiger partial charge in [0.25, 0.3) is 0 Å². The van der Waals surface area contributed by atoms with E-state index in [0.29, 0.717) is 12.0 Å². The summed E-state index contributed by atoms with van der Waals surface area (Å²) in [5.74, 6) is -1.94. The van der Waals surface area contributed by atoms with E-state index >= 15 is 0 Å². The molecular weight excluding hydrogens is 239 g/mol. The van der Waals surface area contributed by atoms with Crippen LogP contribution in [-0.2, 0) is 16.2 Å². The average molecular weight is 250 g/mol. The molecule has 0 aliphatic carbocycles. The summed E-state index contributed by atoms with van der Waals surface area (Å²) in [4.78, 5) is 29.5. The summed E-state index contributed by atoms with van der Waals surface area (Å²) < 4.78 is 0. The van der Waals surface area contributed by atoms with E-state index in [9.17, 15) is 9.59 Å². The van der Waals surface area contributed by atoms with Gasteiger partial charge in [-0.1, -0.05) is 13.0 Å². The Hall–Kier alpha value is -0.920. The quantitative estimate of drug-likeness (QED) is 0.390. The second-order valence-corrected chi connectivity index (χ2v) is 2.94. The maximum atomic E-state index is 11.2. The van der Waals surface area contributed by atoms with Crippen molar-refractivity contribution in [2.75, 3.05) is 0 Å². The van der Waals surface area contributed by atoms with Gasteiger partial charge in [-0.05, 0) is 24.1 Å². The van der Waals surface area contributed by atoms with Crippen LogP contribution in [0.15, 0.2) is 18.2 Å². The molecule has 1 rings (SSSR count). The summed E-state index contributed by atoms with van der Waals surface area (Å²) in [6.07, 6.45) is 0.343. The maximum absolute atomic E-state index is 11.2. The summed E-state index contributed by atoms with van der Waals surface area (Å²) in [5.41, 5.74) is 0.432. The molecule has 6 nitrogen and oxygen atoms in total. The van der Waals surface area contributed by atoms with Crippen molar-refractivity contribution < 1.29 is 60.9 Å². The first kappa shape index (κ1) is 16.1. The molecule has 7 heteroatoms. The minimum atomic E-state index is -0.968. The Balaban J connectivity index is 0. The maximum Gasteiger partial charge on any atom is 1.00 e. The molecule has 0 aliphatic heterocycles. The van der Waals surface area contributed by atoms with Crippen molar-refractivity contribution in [3.8, 4) is 0 Å². The van der Waals surface area contributed by atoms with Crippen LogP contribution in [0, 0.1) is 0 Å². The third kappa shape index (κ3) is 3.52. The molecule has 0 radical (unpaired) electrons. The van der Waals surface area contributed by atoms with E-state index in [1.165, 1.54) is 18.2 Å². The third-order valence-electron chi connectivity index (χ3n) is 2.14. The monoisotopic (exact) mass is 250 g/mol. The second-order valence-electron chi connectivity index (χ2n) is 2.94. The predicted octanol–water partition coefficient (Wildman–Crippen LogP) is -1.37. The van der Waals surface area contributed by atoms with Gasteiger partial charge < -0.3 is 1.43 Å². The van der Waals surface area contributed by atoms with Crippen molar-refractivity contribution in [1.29, 1.82) is 0 Å². The molecule has 0 bridgehead atoms. The van der Waals surface area contributed by atoms with Gasteiger partial charge >= 0.3 is 41.5 Å². The van der Waals surface area contributed by atoms with Gasteiger partial charge in [0.2, 0.25) is 0 Å². The SMILES string of the molecule is CCc1c(C(=O)OO)cccc1C(=O)OO.[H-].[Na+]. The van der Waals surface area contributed by atoms with E-state index in [4.69, 9.17) is 10.5 Å². The van der Waals surface area contributed by atoms with Crippen LogP contribution in [0.2, 0.25) is 0 Å². The van der Waals surface area contributed by atoms with Gasteiger partial charge in [0.15, 0.2) is 0 Å². The van der Waals surface area contributed by atoms with Crippen molar-refractivity contribution in [2.24, 2.45) is 0 Å². The molecule has 1 aromatic carbocycles. The van der Waals surface area contributed by atoms with Gasteiger partial charge in [-0.2, -0.15) is 10.5 Å². The minimum Gasteiger partial charge on any atom is -1.00 e. The van der Waals surface area contributed by atoms with Crippen LogP contribution in [0.3, 0.4) is 0 Å². The van der Waals surface area contributed by atoms with E-state index in [1.807, 2.05) is 0 Å². The van der Waals surface area contributed by atoms with Crippen molar-refractivity contribution in [2.45, 2.75) is 13.3 Å². The van der Waals surface area contributed by atoms with Gasteiger partial charge in [-0.15, -0.1) is 0 Å². The number of carbonyl (C=O) groups excluding carboxylic acids is 2. The van der Waals surface area contributed by atoms with E-state index in [2.05, 4.69) is 9.78 Å². The molecule has 0 saturated heterocycles. The molecule has 1 aromatic rings. The van der Waals surface area contributed by atoms with E-state index in [1.54, 1.807) is 6.92 Å². The molecule has 88 valence electrons. The topological polar surface area (TPSA) is 93.1 Å². The molecule has 0 spiro atoms. The average Bonchev–Trinajstić information content (AvgIpc) is 2.35. The van der Waals surface area contributed by atoms with Crippen molar-refractivity contribution >= 4 is 11.9 Å². The number of carbonyl (C=O) groups is 2. The van der Waals surface area contributed by atoms with Gasteiger partial charge in [0.1, 0.15) is 0 Å². The van der Waals surface area contributed by atoms with Gasteiger partial charge in [0.05, 0.1) is 11.1 Å². The zero-order valence-corrected chi connectivity index (χ0v) is 11.5. The molecule has 0 amide bonds. The van der Waals surface area contributed by atoms with Crippen LogP contribution in [0.1, 0.15) is 34.6 Å². The molecule has 0 atom stereocenters. The van der Waals surface area contributed by atoms with E-state index in [0.717, 1.165) is 0 Å². The van der Waals surface area contributed by atoms with Gasteiger partial charge in [-0.25, -0.2) is 9.59 Å². The van der Waals surface area contributed by atoms with Crippen molar-refractivity contribution in [3.05, 3.63) is 34.9 Å². The summed E-state index contributed by atoms with van der Waals surface area (Å²) >= 11 is 0. The largest absolute Gasteiger partial charge is 1.00 e. The second kappa shape index (κ2) is 7.41. The number of rotatable bonds is 3. The van der Waals surface area contributed by atoms with Crippen LogP contribution in [0.25, 0.3) is 0 Å². The first-order valence-electron chi connectivity index (χ1n) is 4.49. The molecule has 17 heavy (non-hydrogen) atoms. The molecule has 0 heterocycles. The molecular formula is C10H11NaO6. The summed E-state index contributed by atoms with van der Waals surface area (Å²) in [6.45, 7) is 1.71. The number of benzene rings is 1. The first-order valence-corrected chi connectivity index (χ1v) is 4.49. The fraction of sp³-hybridized carbons (Fsp3) is 0.200. The Morgan fingerprint density at radius 1 is 1.18 bits per heavy atom. The summed E-state index contributed by atoms with van der Waals surface area (Å²) in [6, 6.07) is 4.20. The third-order valence-corrected chi connectivity index (χ3v) is 2.14. The van der Waals surface area contributed by atoms with Gasteiger partial charge in [-0.3, -0.25) is 9.78 Å². The minimum absolute atomic E-state index is 0. The summed E-state index contributed by atoms with van der Waals surface area (Å²) in [5, 5.41) is 16.6. The number of hydrogen-bond acceptors (Lipinski definition) is 6. The van der Waals surface area contributed by atoms with Gasteiger partial charge in [0, 0.05) is 0 Å². The Kier molecular flexibility index (Phi) is 7.01. The van der Waals surface area contributed by atoms with Crippen LogP contribution in [-0.4, -0.2) is 22.5 Å². The Morgan fingerprint density at radius 2 is 1.59 bits per heavy atom. The molecule has 0 aromatic heterocycles. The Bertz CT molecular complexity index is 389. The molecule has 0 unspecified atom stereocenters. The van der Waals surface area contributed by atoms with Crippen LogP contribution >= 0.6 is 0 Å². The molecule has 0 aliphatic rings. The van der Waals surface area contributed by atoms with Crippen molar-refractivity contribution in [3.63, 3.8) is 0 Å². The van der Waals surface area contributed by atoms with Crippen molar-refractivity contribution in [1.82, 2.24) is 0 Å². The predicted molar refractivity (Wildman–Crippen MR) is 53.0 cm³/mol. The molecule has 0 saturated carbocycles. The van der Waals surface area contributed by atoms with E-state index < -0.39 is 11.9 Å².